The fraction of sp³-hybridized carbons (Fsp3) is 0.519. The molecule has 0 saturated heterocycles. The Morgan fingerprint density at radius 1 is 0.971 bits per heavy atom. The van der Waals surface area contributed by atoms with Crippen molar-refractivity contribution in [1.29, 1.82) is 0 Å². The highest BCUT2D eigenvalue weighted by Gasteiger charge is 2.42. The summed E-state index contributed by atoms with van der Waals surface area (Å²) in [6.45, 7) is 14.6. The van der Waals surface area contributed by atoms with Crippen LogP contribution in [0, 0.1) is 0 Å². The second kappa shape index (κ2) is 9.40. The van der Waals surface area contributed by atoms with Crippen molar-refractivity contribution in [3.05, 3.63) is 47.2 Å². The number of methoxy groups -OCH3 is 1. The van der Waals surface area contributed by atoms with E-state index >= 15 is 0 Å². The Labute approximate surface area is 206 Å². The van der Waals surface area contributed by atoms with Crippen molar-refractivity contribution in [3.8, 4) is 0 Å². The van der Waals surface area contributed by atoms with Crippen LogP contribution in [0.5, 0.6) is 0 Å². The van der Waals surface area contributed by atoms with Crippen LogP contribution in [-0.2, 0) is 25.4 Å². The van der Waals surface area contributed by atoms with Gasteiger partial charge in [-0.3, -0.25) is 9.47 Å². The number of aromatic nitrogens is 1. The molecule has 0 spiro atoms. The minimum atomic E-state index is -0.958. The minimum Gasteiger partial charge on any atom is -0.467 e. The lowest BCUT2D eigenvalue weighted by atomic mass is 9.98. The highest BCUT2D eigenvalue weighted by atomic mass is 16.6. The first-order valence-corrected chi connectivity index (χ1v) is 11.7. The zero-order valence-corrected chi connectivity index (χ0v) is 22.1. The van der Waals surface area contributed by atoms with Crippen molar-refractivity contribution in [1.82, 2.24) is 9.47 Å². The molecular formula is C27H36N2O6. The van der Waals surface area contributed by atoms with Crippen molar-refractivity contribution in [2.45, 2.75) is 85.1 Å². The van der Waals surface area contributed by atoms with Crippen molar-refractivity contribution >= 4 is 29.1 Å². The number of hydrogen-bond acceptors (Lipinski definition) is 6. The summed E-state index contributed by atoms with van der Waals surface area (Å²) < 4.78 is 17.9. The summed E-state index contributed by atoms with van der Waals surface area (Å²) in [7, 11) is 1.30. The molecule has 2 aromatic rings. The van der Waals surface area contributed by atoms with Crippen LogP contribution in [0.4, 0.5) is 9.59 Å². The van der Waals surface area contributed by atoms with Crippen LogP contribution in [0.15, 0.2) is 36.0 Å². The first kappa shape index (κ1) is 26.3. The molecule has 0 aliphatic carbocycles. The predicted octanol–water partition coefficient (Wildman–Crippen LogP) is 5.77. The molecule has 0 fully saturated rings. The fourth-order valence-electron chi connectivity index (χ4n) is 4.29. The largest absolute Gasteiger partial charge is 0.467 e. The van der Waals surface area contributed by atoms with Gasteiger partial charge in [-0.2, -0.15) is 0 Å². The third kappa shape index (κ3) is 5.69. The summed E-state index contributed by atoms with van der Waals surface area (Å²) in [6, 6.07) is 4.01. The van der Waals surface area contributed by atoms with Crippen molar-refractivity contribution in [2.75, 3.05) is 7.11 Å². The molecule has 2 atom stereocenters. The van der Waals surface area contributed by atoms with Gasteiger partial charge in [-0.25, -0.2) is 14.4 Å². The number of carbonyl (C=O) groups is 3. The maximum absolute atomic E-state index is 13.5. The molecule has 0 unspecified atom stereocenters. The summed E-state index contributed by atoms with van der Waals surface area (Å²) in [5.74, 6) is -0.561. The average molecular weight is 485 g/mol. The van der Waals surface area contributed by atoms with Crippen LogP contribution in [0.3, 0.4) is 0 Å². The smallest absolute Gasteiger partial charge is 0.419 e. The molecule has 0 N–H and O–H groups in total. The van der Waals surface area contributed by atoms with E-state index in [-0.39, 0.29) is 6.42 Å². The van der Waals surface area contributed by atoms with E-state index in [1.165, 1.54) is 16.6 Å². The second-order valence-electron chi connectivity index (χ2n) is 11.1. The zero-order valence-electron chi connectivity index (χ0n) is 22.1. The van der Waals surface area contributed by atoms with E-state index in [9.17, 15) is 14.4 Å². The van der Waals surface area contributed by atoms with Crippen LogP contribution >= 0.6 is 0 Å². The summed E-state index contributed by atoms with van der Waals surface area (Å²) in [5.41, 5.74) is 1.71. The van der Waals surface area contributed by atoms with Gasteiger partial charge in [0, 0.05) is 18.0 Å². The molecule has 1 aromatic heterocycles. The lowest BCUT2D eigenvalue weighted by molar-refractivity contribution is -0.147. The zero-order chi connectivity index (χ0) is 26.3. The van der Waals surface area contributed by atoms with E-state index in [0.717, 1.165) is 22.1 Å². The maximum atomic E-state index is 13.5. The van der Waals surface area contributed by atoms with E-state index in [1.807, 2.05) is 58.9 Å². The summed E-state index contributed by atoms with van der Waals surface area (Å²) in [4.78, 5) is 41.0. The van der Waals surface area contributed by atoms with Gasteiger partial charge in [0.15, 0.2) is 0 Å². The summed E-state index contributed by atoms with van der Waals surface area (Å²) in [5, 5.41) is 0.806. The van der Waals surface area contributed by atoms with Gasteiger partial charge in [0.25, 0.3) is 0 Å². The number of amides is 1. The second-order valence-corrected chi connectivity index (χ2v) is 11.1. The van der Waals surface area contributed by atoms with Gasteiger partial charge < -0.3 is 14.2 Å². The number of carbonyl (C=O) groups excluding carboxylic acids is 3. The first-order chi connectivity index (χ1) is 16.1. The van der Waals surface area contributed by atoms with Gasteiger partial charge in [0.05, 0.1) is 18.7 Å². The van der Waals surface area contributed by atoms with Crippen LogP contribution in [0.1, 0.15) is 72.6 Å². The molecule has 1 aromatic carbocycles. The number of esters is 1. The molecular weight excluding hydrogens is 448 g/mol. The highest BCUT2D eigenvalue weighted by Crippen LogP contribution is 2.40. The first-order valence-electron chi connectivity index (χ1n) is 11.7. The van der Waals surface area contributed by atoms with E-state index in [2.05, 4.69) is 0 Å². The molecule has 2 heterocycles. The standard InChI is InChI=1S/C27H36N2O6/c1-16(2)13-20-18-11-10-12-19-22(18)17(15-28(19)24(31)34-26(3,4)5)14-21(23(30)33-9)29(20)25(32)35-27(6,7)8/h10-13,15,20-21H,14H2,1-9H3/t20-,21+/m1/s1. The van der Waals surface area contributed by atoms with Crippen molar-refractivity contribution < 1.29 is 28.6 Å². The number of rotatable bonds is 2. The lowest BCUT2D eigenvalue weighted by Crippen LogP contribution is -2.49. The highest BCUT2D eigenvalue weighted by molar-refractivity contribution is 5.96. The number of benzene rings is 1. The van der Waals surface area contributed by atoms with Crippen molar-refractivity contribution in [3.63, 3.8) is 0 Å². The fourth-order valence-corrected chi connectivity index (χ4v) is 4.29. The Morgan fingerprint density at radius 2 is 1.57 bits per heavy atom. The van der Waals surface area contributed by atoms with Gasteiger partial charge in [0.1, 0.15) is 17.2 Å². The average Bonchev–Trinajstić information content (AvgIpc) is 3.01. The molecule has 1 aliphatic heterocycles. The molecule has 3 rings (SSSR count). The normalized spacial score (nSPS) is 18.0. The molecule has 1 amide bonds. The molecule has 0 bridgehead atoms. The van der Waals surface area contributed by atoms with E-state index < -0.39 is 41.4 Å². The summed E-state index contributed by atoms with van der Waals surface area (Å²) in [6.07, 6.45) is 2.65. The number of allylic oxidation sites excluding steroid dienone is 1. The van der Waals surface area contributed by atoms with Gasteiger partial charge in [-0.05, 0) is 72.6 Å². The molecule has 0 saturated carbocycles. The molecule has 1 aliphatic rings. The van der Waals surface area contributed by atoms with Crippen LogP contribution in [0.2, 0.25) is 0 Å². The van der Waals surface area contributed by atoms with Gasteiger partial charge >= 0.3 is 18.2 Å². The third-order valence-electron chi connectivity index (χ3n) is 5.47. The molecule has 35 heavy (non-hydrogen) atoms. The predicted molar refractivity (Wildman–Crippen MR) is 133 cm³/mol. The quantitative estimate of drug-likeness (QED) is 0.306. The van der Waals surface area contributed by atoms with E-state index in [1.54, 1.807) is 27.0 Å². The van der Waals surface area contributed by atoms with E-state index in [4.69, 9.17) is 14.2 Å². The van der Waals surface area contributed by atoms with Crippen LogP contribution < -0.4 is 0 Å². The Bertz CT molecular complexity index is 1170. The molecule has 0 radical (unpaired) electrons. The topological polar surface area (TPSA) is 87.1 Å². The van der Waals surface area contributed by atoms with Gasteiger partial charge in [-0.15, -0.1) is 0 Å². The maximum Gasteiger partial charge on any atom is 0.419 e. The van der Waals surface area contributed by atoms with Crippen LogP contribution in [0.25, 0.3) is 10.9 Å². The molecule has 8 nitrogen and oxygen atoms in total. The van der Waals surface area contributed by atoms with Gasteiger partial charge in [-0.1, -0.05) is 23.8 Å². The molecule has 8 heteroatoms. The Balaban J connectivity index is 2.29. The SMILES string of the molecule is COC(=O)[C@@H]1Cc2cn(C(=O)OC(C)(C)C)c3cccc(c23)[C@@H](C=C(C)C)N1C(=O)OC(C)(C)C. The Hall–Kier alpha value is -3.29. The summed E-state index contributed by atoms with van der Waals surface area (Å²) >= 11 is 0. The van der Waals surface area contributed by atoms with Crippen LogP contribution in [-0.4, -0.2) is 52.0 Å². The minimum absolute atomic E-state index is 0.155. The number of hydrogen-bond donors (Lipinski definition) is 0. The lowest BCUT2D eigenvalue weighted by Gasteiger charge is -2.35. The monoisotopic (exact) mass is 484 g/mol. The van der Waals surface area contributed by atoms with E-state index in [0.29, 0.717) is 5.52 Å². The Kier molecular flexibility index (Phi) is 7.07. The van der Waals surface area contributed by atoms with Crippen molar-refractivity contribution in [2.24, 2.45) is 0 Å². The number of nitrogens with zero attached hydrogens (tertiary/aromatic N) is 2. The molecule has 190 valence electrons. The Morgan fingerprint density at radius 3 is 2.11 bits per heavy atom. The van der Waals surface area contributed by atoms with Gasteiger partial charge in [0.2, 0.25) is 0 Å². The number of ether oxygens (including phenoxy) is 3. The third-order valence-corrected chi connectivity index (χ3v) is 5.47.